The van der Waals surface area contributed by atoms with E-state index in [1.54, 1.807) is 7.11 Å². The topological polar surface area (TPSA) is 41.5 Å². The zero-order chi connectivity index (χ0) is 12.8. The SMILES string of the molecule is COCC(O)CNCc1c(C)cc(C)cc1C. The molecule has 1 rings (SSSR count). The van der Waals surface area contributed by atoms with Crippen LogP contribution in [0.2, 0.25) is 0 Å². The molecule has 0 aliphatic rings. The Bertz CT molecular complexity index is 340. The number of nitrogens with one attached hydrogen (secondary N) is 1. The number of methoxy groups -OCH3 is 1. The minimum atomic E-state index is -0.439. The number of aliphatic hydroxyl groups excluding tert-OH is 1. The molecule has 0 saturated carbocycles. The Labute approximate surface area is 104 Å². The summed E-state index contributed by atoms with van der Waals surface area (Å²) in [7, 11) is 1.59. The third kappa shape index (κ3) is 4.46. The molecule has 1 aromatic carbocycles. The molecule has 3 heteroatoms. The lowest BCUT2D eigenvalue weighted by Gasteiger charge is -2.14. The lowest BCUT2D eigenvalue weighted by Crippen LogP contribution is -2.30. The Kier molecular flexibility index (Phi) is 5.62. The summed E-state index contributed by atoms with van der Waals surface area (Å²) in [4.78, 5) is 0. The zero-order valence-electron chi connectivity index (χ0n) is 11.2. The first-order chi connectivity index (χ1) is 8.04. The van der Waals surface area contributed by atoms with Gasteiger partial charge in [-0.25, -0.2) is 0 Å². The molecule has 0 saturated heterocycles. The number of benzene rings is 1. The highest BCUT2D eigenvalue weighted by Gasteiger charge is 2.06. The van der Waals surface area contributed by atoms with Gasteiger partial charge in [0, 0.05) is 20.2 Å². The summed E-state index contributed by atoms with van der Waals surface area (Å²) in [5, 5.41) is 12.8. The van der Waals surface area contributed by atoms with Gasteiger partial charge in [-0.05, 0) is 37.5 Å². The second-order valence-electron chi connectivity index (χ2n) is 4.62. The van der Waals surface area contributed by atoms with Crippen molar-refractivity contribution >= 4 is 0 Å². The fraction of sp³-hybridized carbons (Fsp3) is 0.571. The van der Waals surface area contributed by atoms with Crippen LogP contribution in [0.25, 0.3) is 0 Å². The van der Waals surface area contributed by atoms with E-state index in [9.17, 15) is 5.11 Å². The van der Waals surface area contributed by atoms with E-state index in [1.807, 2.05) is 0 Å². The maximum Gasteiger partial charge on any atom is 0.0897 e. The van der Waals surface area contributed by atoms with E-state index in [0.29, 0.717) is 13.2 Å². The normalized spacial score (nSPS) is 12.8. The number of aliphatic hydroxyl groups is 1. The number of aryl methyl sites for hydroxylation is 3. The van der Waals surface area contributed by atoms with Crippen molar-refractivity contribution in [1.82, 2.24) is 5.32 Å². The summed E-state index contributed by atoms with van der Waals surface area (Å²) < 4.78 is 4.88. The number of rotatable bonds is 6. The molecule has 0 aliphatic carbocycles. The largest absolute Gasteiger partial charge is 0.389 e. The third-order valence-electron chi connectivity index (χ3n) is 2.88. The summed E-state index contributed by atoms with van der Waals surface area (Å²) >= 11 is 0. The van der Waals surface area contributed by atoms with Gasteiger partial charge in [-0.2, -0.15) is 0 Å². The molecule has 0 spiro atoms. The molecular weight excluding hydrogens is 214 g/mol. The summed E-state index contributed by atoms with van der Waals surface area (Å²) in [6.07, 6.45) is -0.439. The van der Waals surface area contributed by atoms with Crippen LogP contribution in [0.3, 0.4) is 0 Å². The molecule has 0 aromatic heterocycles. The fourth-order valence-electron chi connectivity index (χ4n) is 2.10. The van der Waals surface area contributed by atoms with Crippen molar-refractivity contribution in [2.24, 2.45) is 0 Å². The van der Waals surface area contributed by atoms with Crippen molar-refractivity contribution in [2.75, 3.05) is 20.3 Å². The predicted molar refractivity (Wildman–Crippen MR) is 70.2 cm³/mol. The van der Waals surface area contributed by atoms with Gasteiger partial charge in [0.15, 0.2) is 0 Å². The average Bonchev–Trinajstić information content (AvgIpc) is 2.22. The van der Waals surface area contributed by atoms with Gasteiger partial charge in [-0.15, -0.1) is 0 Å². The Morgan fingerprint density at radius 2 is 1.82 bits per heavy atom. The van der Waals surface area contributed by atoms with Crippen LogP contribution in [-0.2, 0) is 11.3 Å². The monoisotopic (exact) mass is 237 g/mol. The summed E-state index contributed by atoms with van der Waals surface area (Å²) in [5.74, 6) is 0. The van der Waals surface area contributed by atoms with Gasteiger partial charge in [0.1, 0.15) is 0 Å². The van der Waals surface area contributed by atoms with E-state index in [0.717, 1.165) is 6.54 Å². The van der Waals surface area contributed by atoms with Crippen molar-refractivity contribution in [1.29, 1.82) is 0 Å². The van der Waals surface area contributed by atoms with Gasteiger partial charge in [0.2, 0.25) is 0 Å². The van der Waals surface area contributed by atoms with Crippen LogP contribution in [0.4, 0.5) is 0 Å². The Balaban J connectivity index is 2.52. The molecule has 17 heavy (non-hydrogen) atoms. The van der Waals surface area contributed by atoms with Crippen molar-refractivity contribution in [2.45, 2.75) is 33.4 Å². The van der Waals surface area contributed by atoms with Crippen molar-refractivity contribution in [3.05, 3.63) is 34.4 Å². The van der Waals surface area contributed by atoms with Gasteiger partial charge in [-0.1, -0.05) is 17.7 Å². The van der Waals surface area contributed by atoms with E-state index in [1.165, 1.54) is 22.3 Å². The first-order valence-electron chi connectivity index (χ1n) is 5.99. The molecule has 0 aliphatic heterocycles. The quantitative estimate of drug-likeness (QED) is 0.791. The predicted octanol–water partition coefficient (Wildman–Crippen LogP) is 1.71. The Morgan fingerprint density at radius 3 is 2.35 bits per heavy atom. The third-order valence-corrected chi connectivity index (χ3v) is 2.88. The van der Waals surface area contributed by atoms with E-state index < -0.39 is 6.10 Å². The number of ether oxygens (including phenoxy) is 1. The van der Waals surface area contributed by atoms with Crippen LogP contribution in [0.5, 0.6) is 0 Å². The molecule has 1 unspecified atom stereocenters. The van der Waals surface area contributed by atoms with Gasteiger partial charge >= 0.3 is 0 Å². The standard InChI is InChI=1S/C14H23NO2/c1-10-5-11(2)14(12(3)6-10)8-15-7-13(16)9-17-4/h5-6,13,15-16H,7-9H2,1-4H3. The summed E-state index contributed by atoms with van der Waals surface area (Å²) in [5.41, 5.74) is 5.22. The molecule has 0 fully saturated rings. The molecule has 1 atom stereocenters. The summed E-state index contributed by atoms with van der Waals surface area (Å²) in [6, 6.07) is 4.38. The van der Waals surface area contributed by atoms with Gasteiger partial charge in [0.05, 0.1) is 12.7 Å². The second-order valence-corrected chi connectivity index (χ2v) is 4.62. The number of hydrogen-bond acceptors (Lipinski definition) is 3. The van der Waals surface area contributed by atoms with Crippen LogP contribution in [-0.4, -0.2) is 31.5 Å². The summed E-state index contributed by atoms with van der Waals surface area (Å²) in [6.45, 7) is 8.09. The van der Waals surface area contributed by atoms with E-state index in [-0.39, 0.29) is 0 Å². The molecule has 2 N–H and O–H groups in total. The molecular formula is C14H23NO2. The molecule has 0 bridgehead atoms. The molecule has 0 heterocycles. The number of hydrogen-bond donors (Lipinski definition) is 2. The first kappa shape index (κ1) is 14.2. The maximum absolute atomic E-state index is 9.52. The van der Waals surface area contributed by atoms with Crippen molar-refractivity contribution < 1.29 is 9.84 Å². The van der Waals surface area contributed by atoms with Crippen LogP contribution < -0.4 is 5.32 Å². The highest BCUT2D eigenvalue weighted by Crippen LogP contribution is 2.15. The molecule has 96 valence electrons. The Hall–Kier alpha value is -0.900. The highest BCUT2D eigenvalue weighted by molar-refractivity contribution is 5.37. The highest BCUT2D eigenvalue weighted by atomic mass is 16.5. The second kappa shape index (κ2) is 6.74. The van der Waals surface area contributed by atoms with Crippen LogP contribution in [0.15, 0.2) is 12.1 Å². The van der Waals surface area contributed by atoms with E-state index in [2.05, 4.69) is 38.2 Å². The van der Waals surface area contributed by atoms with Crippen LogP contribution >= 0.6 is 0 Å². The molecule has 1 aromatic rings. The smallest absolute Gasteiger partial charge is 0.0897 e. The van der Waals surface area contributed by atoms with Crippen LogP contribution in [0, 0.1) is 20.8 Å². The Morgan fingerprint density at radius 1 is 1.24 bits per heavy atom. The lowest BCUT2D eigenvalue weighted by atomic mass is 10.00. The molecule has 0 amide bonds. The van der Waals surface area contributed by atoms with Gasteiger partial charge in [-0.3, -0.25) is 0 Å². The first-order valence-corrected chi connectivity index (χ1v) is 5.99. The van der Waals surface area contributed by atoms with Gasteiger partial charge < -0.3 is 15.2 Å². The van der Waals surface area contributed by atoms with E-state index in [4.69, 9.17) is 4.74 Å². The van der Waals surface area contributed by atoms with Crippen molar-refractivity contribution in [3.63, 3.8) is 0 Å². The fourth-order valence-corrected chi connectivity index (χ4v) is 2.10. The van der Waals surface area contributed by atoms with Crippen molar-refractivity contribution in [3.8, 4) is 0 Å². The van der Waals surface area contributed by atoms with E-state index >= 15 is 0 Å². The average molecular weight is 237 g/mol. The van der Waals surface area contributed by atoms with Gasteiger partial charge in [0.25, 0.3) is 0 Å². The molecule has 0 radical (unpaired) electrons. The zero-order valence-corrected chi connectivity index (χ0v) is 11.2. The maximum atomic E-state index is 9.52. The molecule has 3 nitrogen and oxygen atoms in total. The van der Waals surface area contributed by atoms with Crippen LogP contribution in [0.1, 0.15) is 22.3 Å². The minimum absolute atomic E-state index is 0.374. The minimum Gasteiger partial charge on any atom is -0.389 e. The lowest BCUT2D eigenvalue weighted by molar-refractivity contribution is 0.0644.